The summed E-state index contributed by atoms with van der Waals surface area (Å²) in [6.07, 6.45) is 5.84. The van der Waals surface area contributed by atoms with Crippen molar-refractivity contribution >= 4 is 40.7 Å². The molecule has 1 aliphatic rings. The van der Waals surface area contributed by atoms with Gasteiger partial charge < -0.3 is 14.6 Å². The van der Waals surface area contributed by atoms with Gasteiger partial charge in [0.1, 0.15) is 5.76 Å². The van der Waals surface area contributed by atoms with E-state index in [2.05, 4.69) is 4.98 Å². The molecule has 158 valence electrons. The fourth-order valence-corrected chi connectivity index (χ4v) is 3.96. The maximum atomic E-state index is 13.0. The fraction of sp³-hybridized carbons (Fsp3) is 0.174. The van der Waals surface area contributed by atoms with E-state index in [9.17, 15) is 14.7 Å². The van der Waals surface area contributed by atoms with Gasteiger partial charge in [-0.15, -0.1) is 0 Å². The van der Waals surface area contributed by atoms with Crippen molar-refractivity contribution < 1.29 is 14.7 Å². The van der Waals surface area contributed by atoms with E-state index in [1.54, 1.807) is 61.1 Å². The van der Waals surface area contributed by atoms with Gasteiger partial charge in [-0.1, -0.05) is 35.3 Å². The Morgan fingerprint density at radius 3 is 2.23 bits per heavy atom. The Hall–Kier alpha value is -3.09. The Balaban J connectivity index is 1.72. The molecule has 1 atom stereocenters. The smallest absolute Gasteiger partial charge is 0.295 e. The second kappa shape index (κ2) is 8.96. The molecular formula is C23H19Cl2N3O3. The molecule has 8 heteroatoms. The van der Waals surface area contributed by atoms with Crippen LogP contribution in [0.15, 0.2) is 72.8 Å². The van der Waals surface area contributed by atoms with E-state index in [0.717, 1.165) is 0 Å². The van der Waals surface area contributed by atoms with Crippen LogP contribution in [0.1, 0.15) is 23.6 Å². The number of aliphatic hydroxyl groups is 1. The molecule has 0 saturated carbocycles. The quantitative estimate of drug-likeness (QED) is 0.332. The minimum atomic E-state index is -0.713. The number of hydrogen-bond acceptors (Lipinski definition) is 4. The molecule has 31 heavy (non-hydrogen) atoms. The molecule has 0 radical (unpaired) electrons. The summed E-state index contributed by atoms with van der Waals surface area (Å²) in [4.78, 5) is 31.4. The van der Waals surface area contributed by atoms with Gasteiger partial charge in [-0.2, -0.15) is 0 Å². The Morgan fingerprint density at radius 2 is 1.61 bits per heavy atom. The highest BCUT2D eigenvalue weighted by Gasteiger charge is 2.45. The molecular weight excluding hydrogens is 437 g/mol. The van der Waals surface area contributed by atoms with Crippen molar-refractivity contribution in [3.63, 3.8) is 0 Å². The van der Waals surface area contributed by atoms with Gasteiger partial charge in [0, 0.05) is 41.1 Å². The molecule has 0 bridgehead atoms. The Labute approximate surface area is 189 Å². The van der Waals surface area contributed by atoms with Crippen LogP contribution in [0, 0.1) is 0 Å². The van der Waals surface area contributed by atoms with Crippen LogP contribution in [0.2, 0.25) is 10.0 Å². The number of rotatable bonds is 6. The largest absolute Gasteiger partial charge is 0.507 e. The number of halogens is 2. The number of amides is 1. The van der Waals surface area contributed by atoms with Crippen LogP contribution >= 0.6 is 23.2 Å². The third kappa shape index (κ3) is 4.36. The van der Waals surface area contributed by atoms with Crippen molar-refractivity contribution in [2.24, 2.45) is 0 Å². The SMILES string of the molecule is O=C1C(=O)N(CCCn2ccnc2)C(c2ccc(Cl)cc2)/C1=C(\O)c1ccc(Cl)cc1. The van der Waals surface area contributed by atoms with E-state index in [1.165, 1.54) is 4.90 Å². The molecule has 1 unspecified atom stereocenters. The van der Waals surface area contributed by atoms with Gasteiger partial charge in [-0.25, -0.2) is 4.98 Å². The minimum Gasteiger partial charge on any atom is -0.507 e. The van der Waals surface area contributed by atoms with E-state index < -0.39 is 17.7 Å². The first-order valence-electron chi connectivity index (χ1n) is 9.71. The molecule has 3 aromatic rings. The number of benzene rings is 2. The van der Waals surface area contributed by atoms with Gasteiger partial charge in [0.25, 0.3) is 11.7 Å². The van der Waals surface area contributed by atoms with Gasteiger partial charge >= 0.3 is 0 Å². The Morgan fingerprint density at radius 1 is 0.968 bits per heavy atom. The number of carbonyl (C=O) groups excluding carboxylic acids is 2. The second-order valence-corrected chi connectivity index (χ2v) is 8.08. The van der Waals surface area contributed by atoms with E-state index in [0.29, 0.717) is 40.7 Å². The summed E-state index contributed by atoms with van der Waals surface area (Å²) in [6, 6.07) is 12.7. The number of aliphatic hydroxyl groups excluding tert-OH is 1. The van der Waals surface area contributed by atoms with Crippen LogP contribution in [0.3, 0.4) is 0 Å². The van der Waals surface area contributed by atoms with Crippen LogP contribution in [-0.4, -0.2) is 37.8 Å². The lowest BCUT2D eigenvalue weighted by Gasteiger charge is -2.25. The first-order valence-corrected chi connectivity index (χ1v) is 10.5. The maximum Gasteiger partial charge on any atom is 0.295 e. The first kappa shape index (κ1) is 21.2. The first-order chi connectivity index (χ1) is 15.0. The van der Waals surface area contributed by atoms with Crippen LogP contribution in [-0.2, 0) is 16.1 Å². The van der Waals surface area contributed by atoms with Crippen molar-refractivity contribution in [2.75, 3.05) is 6.54 Å². The zero-order valence-corrected chi connectivity index (χ0v) is 17.9. The normalized spacial score (nSPS) is 18.0. The number of carbonyl (C=O) groups is 2. The Kier molecular flexibility index (Phi) is 6.11. The van der Waals surface area contributed by atoms with Gasteiger partial charge in [0.2, 0.25) is 0 Å². The minimum absolute atomic E-state index is 0.0530. The van der Waals surface area contributed by atoms with Crippen molar-refractivity contribution in [3.8, 4) is 0 Å². The molecule has 1 fully saturated rings. The van der Waals surface area contributed by atoms with E-state index >= 15 is 0 Å². The summed E-state index contributed by atoms with van der Waals surface area (Å²) < 4.78 is 1.90. The predicted octanol–water partition coefficient (Wildman–Crippen LogP) is 4.70. The number of aryl methyl sites for hydroxylation is 1. The van der Waals surface area contributed by atoms with Crippen molar-refractivity contribution in [1.82, 2.24) is 14.5 Å². The average Bonchev–Trinajstić information content (AvgIpc) is 3.37. The summed E-state index contributed by atoms with van der Waals surface area (Å²) in [7, 11) is 0. The highest BCUT2D eigenvalue weighted by atomic mass is 35.5. The monoisotopic (exact) mass is 455 g/mol. The summed E-state index contributed by atoms with van der Waals surface area (Å²) in [5, 5.41) is 12.0. The van der Waals surface area contributed by atoms with Gasteiger partial charge in [-0.05, 0) is 48.4 Å². The van der Waals surface area contributed by atoms with Crippen LogP contribution in [0.4, 0.5) is 0 Å². The predicted molar refractivity (Wildman–Crippen MR) is 119 cm³/mol. The van der Waals surface area contributed by atoms with Gasteiger partial charge in [0.15, 0.2) is 0 Å². The van der Waals surface area contributed by atoms with Crippen LogP contribution in [0.25, 0.3) is 5.76 Å². The van der Waals surface area contributed by atoms with E-state index in [4.69, 9.17) is 23.2 Å². The van der Waals surface area contributed by atoms with E-state index in [1.807, 2.05) is 10.8 Å². The summed E-state index contributed by atoms with van der Waals surface area (Å²) >= 11 is 12.0. The molecule has 2 aromatic carbocycles. The molecule has 1 aliphatic heterocycles. The summed E-state index contributed by atoms with van der Waals surface area (Å²) in [5.41, 5.74) is 1.17. The molecule has 2 heterocycles. The topological polar surface area (TPSA) is 75.4 Å². The molecule has 0 aliphatic carbocycles. The lowest BCUT2D eigenvalue weighted by Crippen LogP contribution is -2.31. The average molecular weight is 456 g/mol. The second-order valence-electron chi connectivity index (χ2n) is 7.20. The maximum absolute atomic E-state index is 13.0. The third-order valence-corrected chi connectivity index (χ3v) is 5.72. The summed E-state index contributed by atoms with van der Waals surface area (Å²) in [6.45, 7) is 0.987. The number of Topliss-reactive ketones (excluding diaryl/α,β-unsaturated/α-hetero) is 1. The van der Waals surface area contributed by atoms with Crippen LogP contribution in [0.5, 0.6) is 0 Å². The van der Waals surface area contributed by atoms with Gasteiger partial charge in [-0.3, -0.25) is 9.59 Å². The molecule has 1 saturated heterocycles. The number of hydrogen-bond donors (Lipinski definition) is 1. The third-order valence-electron chi connectivity index (χ3n) is 5.22. The number of aromatic nitrogens is 2. The summed E-state index contributed by atoms with van der Waals surface area (Å²) in [5.74, 6) is -1.58. The van der Waals surface area contributed by atoms with Crippen molar-refractivity contribution in [3.05, 3.63) is 94.0 Å². The zero-order valence-electron chi connectivity index (χ0n) is 16.4. The van der Waals surface area contributed by atoms with Crippen LogP contribution < -0.4 is 0 Å². The molecule has 6 nitrogen and oxygen atoms in total. The van der Waals surface area contributed by atoms with E-state index in [-0.39, 0.29) is 11.3 Å². The highest BCUT2D eigenvalue weighted by Crippen LogP contribution is 2.39. The molecule has 4 rings (SSSR count). The number of likely N-dealkylation sites (tertiary alicyclic amines) is 1. The Bertz CT molecular complexity index is 1120. The van der Waals surface area contributed by atoms with Crippen molar-refractivity contribution in [1.29, 1.82) is 0 Å². The molecule has 0 spiro atoms. The zero-order chi connectivity index (χ0) is 22.0. The lowest BCUT2D eigenvalue weighted by atomic mass is 9.95. The number of nitrogens with zero attached hydrogens (tertiary/aromatic N) is 3. The number of imidazole rings is 1. The van der Waals surface area contributed by atoms with Gasteiger partial charge in [0.05, 0.1) is 17.9 Å². The number of ketones is 1. The van der Waals surface area contributed by atoms with Crippen molar-refractivity contribution in [2.45, 2.75) is 19.0 Å². The highest BCUT2D eigenvalue weighted by molar-refractivity contribution is 6.46. The lowest BCUT2D eigenvalue weighted by molar-refractivity contribution is -0.139. The fourth-order valence-electron chi connectivity index (χ4n) is 3.71. The molecule has 1 aromatic heterocycles. The standard InChI is InChI=1S/C23H19Cl2N3O3/c24-17-6-2-15(3-7-17)20-19(21(29)16-4-8-18(25)9-5-16)22(30)23(31)28(20)12-1-11-27-13-10-26-14-27/h2-10,13-14,20,29H,1,11-12H2/b21-19+. The molecule has 1 N–H and O–H groups in total. The molecule has 1 amide bonds.